The Morgan fingerprint density at radius 1 is 1.32 bits per heavy atom. The zero-order chi connectivity index (χ0) is 15.9. The maximum atomic E-state index is 12.0. The molecule has 5 heteroatoms. The first kappa shape index (κ1) is 16.0. The van der Waals surface area contributed by atoms with Crippen molar-refractivity contribution in [2.24, 2.45) is 0 Å². The molecule has 0 aliphatic carbocycles. The highest BCUT2D eigenvalue weighted by Crippen LogP contribution is 2.15. The average molecular weight is 300 g/mol. The Bertz CT molecular complexity index is 643. The molecule has 1 atom stereocenters. The van der Waals surface area contributed by atoms with Crippen LogP contribution < -0.4 is 10.1 Å². The Labute approximate surface area is 130 Å². The van der Waals surface area contributed by atoms with E-state index in [-0.39, 0.29) is 12.5 Å². The fourth-order valence-corrected chi connectivity index (χ4v) is 1.99. The molecule has 22 heavy (non-hydrogen) atoms. The summed E-state index contributed by atoms with van der Waals surface area (Å²) in [5.41, 5.74) is 2.47. The van der Waals surface area contributed by atoms with E-state index >= 15 is 0 Å². The van der Waals surface area contributed by atoms with Gasteiger partial charge in [0.1, 0.15) is 5.75 Å². The Hall–Kier alpha value is -2.40. The van der Waals surface area contributed by atoms with Gasteiger partial charge in [-0.05, 0) is 43.7 Å². The van der Waals surface area contributed by atoms with Crippen LogP contribution in [0.2, 0.25) is 0 Å². The van der Waals surface area contributed by atoms with Crippen LogP contribution in [0.1, 0.15) is 23.9 Å². The van der Waals surface area contributed by atoms with Crippen molar-refractivity contribution in [3.63, 3.8) is 0 Å². The summed E-state index contributed by atoms with van der Waals surface area (Å²) in [5, 5.41) is 11.9. The van der Waals surface area contributed by atoms with Gasteiger partial charge in [-0.15, -0.1) is 0 Å². The molecule has 0 aliphatic heterocycles. The van der Waals surface area contributed by atoms with Gasteiger partial charge in [0.15, 0.2) is 6.10 Å². The number of nitrogens with one attached hydrogen (secondary N) is 1. The number of benzene rings is 1. The van der Waals surface area contributed by atoms with Crippen molar-refractivity contribution in [2.45, 2.75) is 33.1 Å². The van der Waals surface area contributed by atoms with Gasteiger partial charge in [0, 0.05) is 5.69 Å². The van der Waals surface area contributed by atoms with Gasteiger partial charge in [-0.3, -0.25) is 9.78 Å². The highest BCUT2D eigenvalue weighted by molar-refractivity contribution is 5.80. The summed E-state index contributed by atoms with van der Waals surface area (Å²) < 4.78 is 5.59. The molecule has 1 amide bonds. The number of carbonyl (C=O) groups is 1. The molecule has 116 valence electrons. The van der Waals surface area contributed by atoms with E-state index in [2.05, 4.69) is 10.3 Å². The third kappa shape index (κ3) is 4.56. The van der Waals surface area contributed by atoms with Crippen LogP contribution >= 0.6 is 0 Å². The van der Waals surface area contributed by atoms with Crippen LogP contribution in [0.3, 0.4) is 0 Å². The molecular formula is C17H20N2O3. The summed E-state index contributed by atoms with van der Waals surface area (Å²) in [4.78, 5) is 16.4. The number of aromatic nitrogens is 1. The quantitative estimate of drug-likeness (QED) is 0.855. The highest BCUT2D eigenvalue weighted by atomic mass is 16.5. The predicted molar refractivity (Wildman–Crippen MR) is 83.3 cm³/mol. The van der Waals surface area contributed by atoms with E-state index in [4.69, 9.17) is 9.84 Å². The number of aliphatic hydroxyl groups excluding tert-OH is 1. The van der Waals surface area contributed by atoms with Crippen LogP contribution in [0.4, 0.5) is 0 Å². The topological polar surface area (TPSA) is 71.5 Å². The van der Waals surface area contributed by atoms with Crippen molar-refractivity contribution in [2.75, 3.05) is 0 Å². The lowest BCUT2D eigenvalue weighted by Crippen LogP contribution is -2.36. The SMILES string of the molecule is Cc1cccc(CNC(=O)C(C)Oc2cccc(CO)c2)n1. The second kappa shape index (κ2) is 7.56. The third-order valence-corrected chi connectivity index (χ3v) is 3.15. The largest absolute Gasteiger partial charge is 0.481 e. The number of ether oxygens (including phenoxy) is 1. The molecular weight excluding hydrogens is 280 g/mol. The number of pyridine rings is 1. The molecule has 2 aromatic rings. The minimum atomic E-state index is -0.626. The Balaban J connectivity index is 1.89. The second-order valence-corrected chi connectivity index (χ2v) is 5.05. The normalized spacial score (nSPS) is 11.8. The van der Waals surface area contributed by atoms with Gasteiger partial charge in [-0.1, -0.05) is 18.2 Å². The maximum Gasteiger partial charge on any atom is 0.261 e. The van der Waals surface area contributed by atoms with E-state index in [0.717, 1.165) is 17.0 Å². The smallest absolute Gasteiger partial charge is 0.261 e. The van der Waals surface area contributed by atoms with Gasteiger partial charge >= 0.3 is 0 Å². The molecule has 5 nitrogen and oxygen atoms in total. The summed E-state index contributed by atoms with van der Waals surface area (Å²) in [6.07, 6.45) is -0.626. The Morgan fingerprint density at radius 2 is 2.09 bits per heavy atom. The number of hydrogen-bond acceptors (Lipinski definition) is 4. The Morgan fingerprint density at radius 3 is 2.82 bits per heavy atom. The van der Waals surface area contributed by atoms with Gasteiger partial charge in [0.25, 0.3) is 5.91 Å². The minimum Gasteiger partial charge on any atom is -0.481 e. The van der Waals surface area contributed by atoms with E-state index in [0.29, 0.717) is 12.3 Å². The minimum absolute atomic E-state index is 0.0587. The molecule has 0 spiro atoms. The van der Waals surface area contributed by atoms with Crippen LogP contribution in [0.5, 0.6) is 5.75 Å². The molecule has 2 rings (SSSR count). The zero-order valence-corrected chi connectivity index (χ0v) is 12.7. The molecule has 0 saturated heterocycles. The van der Waals surface area contributed by atoms with E-state index in [9.17, 15) is 4.79 Å². The van der Waals surface area contributed by atoms with Crippen LogP contribution in [0.25, 0.3) is 0 Å². The van der Waals surface area contributed by atoms with E-state index in [1.165, 1.54) is 0 Å². The monoisotopic (exact) mass is 300 g/mol. The van der Waals surface area contributed by atoms with Crippen molar-refractivity contribution in [1.29, 1.82) is 0 Å². The number of carbonyl (C=O) groups excluding carboxylic acids is 1. The number of aliphatic hydroxyl groups is 1. The predicted octanol–water partition coefficient (Wildman–Crippen LogP) is 1.97. The fourth-order valence-electron chi connectivity index (χ4n) is 1.99. The van der Waals surface area contributed by atoms with Gasteiger partial charge in [-0.25, -0.2) is 0 Å². The molecule has 0 fully saturated rings. The molecule has 1 aromatic heterocycles. The first-order chi connectivity index (χ1) is 10.6. The molecule has 1 aromatic carbocycles. The lowest BCUT2D eigenvalue weighted by Gasteiger charge is -2.15. The Kier molecular flexibility index (Phi) is 5.49. The van der Waals surface area contributed by atoms with Crippen LogP contribution in [-0.4, -0.2) is 22.1 Å². The van der Waals surface area contributed by atoms with Crippen molar-refractivity contribution >= 4 is 5.91 Å². The summed E-state index contributed by atoms with van der Waals surface area (Å²) in [6, 6.07) is 12.7. The van der Waals surface area contributed by atoms with Crippen LogP contribution in [-0.2, 0) is 17.9 Å². The van der Waals surface area contributed by atoms with Crippen molar-refractivity contribution in [3.8, 4) is 5.75 Å². The summed E-state index contributed by atoms with van der Waals surface area (Å²) in [6.45, 7) is 3.90. The second-order valence-electron chi connectivity index (χ2n) is 5.05. The summed E-state index contributed by atoms with van der Waals surface area (Å²) in [7, 11) is 0. The zero-order valence-electron chi connectivity index (χ0n) is 12.7. The molecule has 0 radical (unpaired) electrons. The van der Waals surface area contributed by atoms with Gasteiger partial charge in [-0.2, -0.15) is 0 Å². The van der Waals surface area contributed by atoms with Crippen LogP contribution in [0, 0.1) is 6.92 Å². The molecule has 0 bridgehead atoms. The lowest BCUT2D eigenvalue weighted by atomic mass is 10.2. The van der Waals surface area contributed by atoms with Gasteiger partial charge in [0.2, 0.25) is 0 Å². The maximum absolute atomic E-state index is 12.0. The van der Waals surface area contributed by atoms with E-state index in [1.54, 1.807) is 31.2 Å². The summed E-state index contributed by atoms with van der Waals surface area (Å²) >= 11 is 0. The number of rotatable bonds is 6. The first-order valence-electron chi connectivity index (χ1n) is 7.15. The highest BCUT2D eigenvalue weighted by Gasteiger charge is 2.14. The average Bonchev–Trinajstić information content (AvgIpc) is 2.52. The van der Waals surface area contributed by atoms with Gasteiger partial charge in [0.05, 0.1) is 18.8 Å². The summed E-state index contributed by atoms with van der Waals surface area (Å²) in [5.74, 6) is 0.348. The molecule has 2 N–H and O–H groups in total. The standard InChI is InChI=1S/C17H20N2O3/c1-12-5-3-7-15(19-12)10-18-17(21)13(2)22-16-8-4-6-14(9-16)11-20/h3-9,13,20H,10-11H2,1-2H3,(H,18,21). The van der Waals surface area contributed by atoms with Crippen molar-refractivity contribution < 1.29 is 14.6 Å². The van der Waals surface area contributed by atoms with Gasteiger partial charge < -0.3 is 15.2 Å². The fraction of sp³-hybridized carbons (Fsp3) is 0.294. The third-order valence-electron chi connectivity index (χ3n) is 3.15. The lowest BCUT2D eigenvalue weighted by molar-refractivity contribution is -0.127. The molecule has 0 saturated carbocycles. The molecule has 0 aliphatic rings. The number of amides is 1. The first-order valence-corrected chi connectivity index (χ1v) is 7.15. The number of nitrogens with zero attached hydrogens (tertiary/aromatic N) is 1. The van der Waals surface area contributed by atoms with Crippen molar-refractivity contribution in [3.05, 3.63) is 59.4 Å². The van der Waals surface area contributed by atoms with E-state index < -0.39 is 6.10 Å². The van der Waals surface area contributed by atoms with Crippen LogP contribution in [0.15, 0.2) is 42.5 Å². The number of aryl methyl sites for hydroxylation is 1. The molecule has 1 heterocycles. The number of hydrogen-bond donors (Lipinski definition) is 2. The van der Waals surface area contributed by atoms with E-state index in [1.807, 2.05) is 25.1 Å². The molecule has 1 unspecified atom stereocenters. The van der Waals surface area contributed by atoms with Crippen molar-refractivity contribution in [1.82, 2.24) is 10.3 Å².